The van der Waals surface area contributed by atoms with Crippen molar-refractivity contribution in [3.63, 3.8) is 0 Å². The van der Waals surface area contributed by atoms with Gasteiger partial charge in [-0.15, -0.1) is 0 Å². The first-order chi connectivity index (χ1) is 10.1. The SMILES string of the molecule is CCN(CCc1ccccc1)C(=O)c1cc(C)nc(Cl)c1. The highest BCUT2D eigenvalue weighted by Gasteiger charge is 2.15. The van der Waals surface area contributed by atoms with Crippen LogP contribution in [0.2, 0.25) is 5.15 Å². The van der Waals surface area contributed by atoms with Crippen LogP contribution in [0, 0.1) is 6.92 Å². The van der Waals surface area contributed by atoms with Gasteiger partial charge in [0.05, 0.1) is 0 Å². The summed E-state index contributed by atoms with van der Waals surface area (Å²) in [5.41, 5.74) is 2.58. The normalized spacial score (nSPS) is 10.4. The number of rotatable bonds is 5. The van der Waals surface area contributed by atoms with E-state index >= 15 is 0 Å². The summed E-state index contributed by atoms with van der Waals surface area (Å²) in [5, 5.41) is 0.359. The molecule has 2 aromatic rings. The number of hydrogen-bond donors (Lipinski definition) is 0. The molecule has 3 nitrogen and oxygen atoms in total. The van der Waals surface area contributed by atoms with E-state index in [1.165, 1.54) is 5.56 Å². The first-order valence-corrected chi connectivity index (χ1v) is 7.45. The second-order valence-corrected chi connectivity index (χ2v) is 5.33. The molecule has 4 heteroatoms. The number of halogens is 1. The lowest BCUT2D eigenvalue weighted by Crippen LogP contribution is -2.32. The summed E-state index contributed by atoms with van der Waals surface area (Å²) in [6, 6.07) is 13.6. The van der Waals surface area contributed by atoms with Gasteiger partial charge in [0, 0.05) is 24.3 Å². The number of aryl methyl sites for hydroxylation is 1. The van der Waals surface area contributed by atoms with Crippen LogP contribution in [0.15, 0.2) is 42.5 Å². The highest BCUT2D eigenvalue weighted by molar-refractivity contribution is 6.29. The first-order valence-electron chi connectivity index (χ1n) is 7.07. The van der Waals surface area contributed by atoms with Crippen molar-refractivity contribution in [3.8, 4) is 0 Å². The molecule has 0 saturated carbocycles. The van der Waals surface area contributed by atoms with Crippen molar-refractivity contribution in [2.75, 3.05) is 13.1 Å². The molecule has 0 fully saturated rings. The van der Waals surface area contributed by atoms with E-state index in [2.05, 4.69) is 17.1 Å². The van der Waals surface area contributed by atoms with Crippen LogP contribution < -0.4 is 0 Å². The Morgan fingerprint density at radius 3 is 2.57 bits per heavy atom. The summed E-state index contributed by atoms with van der Waals surface area (Å²) in [6.45, 7) is 5.18. The number of pyridine rings is 1. The van der Waals surface area contributed by atoms with E-state index < -0.39 is 0 Å². The number of amides is 1. The van der Waals surface area contributed by atoms with E-state index in [-0.39, 0.29) is 5.91 Å². The van der Waals surface area contributed by atoms with Gasteiger partial charge in [0.2, 0.25) is 0 Å². The molecule has 1 heterocycles. The number of aromatic nitrogens is 1. The molecule has 0 aliphatic carbocycles. The average Bonchev–Trinajstić information content (AvgIpc) is 2.47. The lowest BCUT2D eigenvalue weighted by atomic mass is 10.1. The maximum absolute atomic E-state index is 12.5. The summed E-state index contributed by atoms with van der Waals surface area (Å²) < 4.78 is 0. The lowest BCUT2D eigenvalue weighted by molar-refractivity contribution is 0.0766. The third-order valence-corrected chi connectivity index (χ3v) is 3.54. The summed E-state index contributed by atoms with van der Waals surface area (Å²) in [7, 11) is 0. The molecule has 0 spiro atoms. The van der Waals surface area contributed by atoms with Crippen molar-refractivity contribution in [3.05, 3.63) is 64.4 Å². The minimum Gasteiger partial charge on any atom is -0.339 e. The zero-order chi connectivity index (χ0) is 15.2. The molecule has 0 unspecified atom stereocenters. The molecular formula is C17H19ClN2O. The molecule has 0 radical (unpaired) electrons. The number of carbonyl (C=O) groups excluding carboxylic acids is 1. The predicted octanol–water partition coefficient (Wildman–Crippen LogP) is 3.75. The van der Waals surface area contributed by atoms with Gasteiger partial charge in [-0.3, -0.25) is 4.79 Å². The largest absolute Gasteiger partial charge is 0.339 e. The fourth-order valence-corrected chi connectivity index (χ4v) is 2.50. The van der Waals surface area contributed by atoms with Crippen LogP contribution in [-0.4, -0.2) is 28.9 Å². The average molecular weight is 303 g/mol. The smallest absolute Gasteiger partial charge is 0.254 e. The van der Waals surface area contributed by atoms with Crippen molar-refractivity contribution in [2.45, 2.75) is 20.3 Å². The summed E-state index contributed by atoms with van der Waals surface area (Å²) in [4.78, 5) is 18.5. The fourth-order valence-electron chi connectivity index (χ4n) is 2.25. The van der Waals surface area contributed by atoms with Crippen LogP contribution in [-0.2, 0) is 6.42 Å². The van der Waals surface area contributed by atoms with Gasteiger partial charge in [-0.1, -0.05) is 41.9 Å². The predicted molar refractivity (Wildman–Crippen MR) is 85.7 cm³/mol. The molecule has 0 aliphatic rings. The van der Waals surface area contributed by atoms with Gasteiger partial charge in [0.15, 0.2) is 0 Å². The van der Waals surface area contributed by atoms with Gasteiger partial charge in [-0.25, -0.2) is 4.98 Å². The van der Waals surface area contributed by atoms with E-state index in [0.29, 0.717) is 23.8 Å². The maximum Gasteiger partial charge on any atom is 0.254 e. The monoisotopic (exact) mass is 302 g/mol. The van der Waals surface area contributed by atoms with E-state index in [9.17, 15) is 4.79 Å². The number of carbonyl (C=O) groups is 1. The van der Waals surface area contributed by atoms with Gasteiger partial charge >= 0.3 is 0 Å². The Bertz CT molecular complexity index is 593. The van der Waals surface area contributed by atoms with Crippen molar-refractivity contribution >= 4 is 17.5 Å². The Morgan fingerprint density at radius 2 is 1.95 bits per heavy atom. The van der Waals surface area contributed by atoms with Crippen molar-refractivity contribution in [2.24, 2.45) is 0 Å². The molecule has 21 heavy (non-hydrogen) atoms. The molecular weight excluding hydrogens is 284 g/mol. The topological polar surface area (TPSA) is 33.2 Å². The Kier molecular flexibility index (Phi) is 5.34. The Morgan fingerprint density at radius 1 is 1.24 bits per heavy atom. The Labute approximate surface area is 130 Å². The van der Waals surface area contributed by atoms with Gasteiger partial charge in [-0.2, -0.15) is 0 Å². The standard InChI is InChI=1S/C17H19ClN2O/c1-3-20(10-9-14-7-5-4-6-8-14)17(21)15-11-13(2)19-16(18)12-15/h4-8,11-12H,3,9-10H2,1-2H3. The first kappa shape index (κ1) is 15.5. The summed E-state index contributed by atoms with van der Waals surface area (Å²) in [6.07, 6.45) is 0.845. The zero-order valence-electron chi connectivity index (χ0n) is 12.3. The number of benzene rings is 1. The van der Waals surface area contributed by atoms with E-state index in [1.54, 1.807) is 12.1 Å². The number of hydrogen-bond acceptors (Lipinski definition) is 2. The molecule has 110 valence electrons. The highest BCUT2D eigenvalue weighted by atomic mass is 35.5. The van der Waals surface area contributed by atoms with Crippen molar-refractivity contribution in [1.29, 1.82) is 0 Å². The van der Waals surface area contributed by atoms with Crippen LogP contribution in [0.1, 0.15) is 28.5 Å². The van der Waals surface area contributed by atoms with Gasteiger partial charge in [0.1, 0.15) is 5.15 Å². The highest BCUT2D eigenvalue weighted by Crippen LogP contribution is 2.13. The molecule has 0 aliphatic heterocycles. The number of nitrogens with zero attached hydrogens (tertiary/aromatic N) is 2. The minimum atomic E-state index is 0.000770. The zero-order valence-corrected chi connectivity index (χ0v) is 13.1. The van der Waals surface area contributed by atoms with E-state index in [4.69, 9.17) is 11.6 Å². The fraction of sp³-hybridized carbons (Fsp3) is 0.294. The molecule has 1 aromatic carbocycles. The van der Waals surface area contributed by atoms with Crippen LogP contribution in [0.4, 0.5) is 0 Å². The van der Waals surface area contributed by atoms with Crippen molar-refractivity contribution < 1.29 is 4.79 Å². The Balaban J connectivity index is 2.08. The maximum atomic E-state index is 12.5. The van der Waals surface area contributed by atoms with Gasteiger partial charge < -0.3 is 4.90 Å². The van der Waals surface area contributed by atoms with Crippen LogP contribution >= 0.6 is 11.6 Å². The molecule has 0 N–H and O–H groups in total. The van der Waals surface area contributed by atoms with Crippen molar-refractivity contribution in [1.82, 2.24) is 9.88 Å². The second kappa shape index (κ2) is 7.23. The summed E-state index contributed by atoms with van der Waals surface area (Å²) >= 11 is 5.93. The van der Waals surface area contributed by atoms with Crippen LogP contribution in [0.25, 0.3) is 0 Å². The molecule has 1 aromatic heterocycles. The third kappa shape index (κ3) is 4.30. The van der Waals surface area contributed by atoms with E-state index in [1.807, 2.05) is 36.9 Å². The number of likely N-dealkylation sites (N-methyl/N-ethyl adjacent to an activating group) is 1. The second-order valence-electron chi connectivity index (χ2n) is 4.94. The van der Waals surface area contributed by atoms with Gasteiger partial charge in [0.25, 0.3) is 5.91 Å². The molecule has 0 saturated heterocycles. The third-order valence-electron chi connectivity index (χ3n) is 3.35. The Hall–Kier alpha value is -1.87. The minimum absolute atomic E-state index is 0.000770. The lowest BCUT2D eigenvalue weighted by Gasteiger charge is -2.21. The molecule has 0 atom stereocenters. The molecule has 2 rings (SSSR count). The quantitative estimate of drug-likeness (QED) is 0.788. The molecule has 0 bridgehead atoms. The molecule has 1 amide bonds. The van der Waals surface area contributed by atoms with Gasteiger partial charge in [-0.05, 0) is 38.0 Å². The van der Waals surface area contributed by atoms with E-state index in [0.717, 1.165) is 12.1 Å². The van der Waals surface area contributed by atoms with Crippen LogP contribution in [0.5, 0.6) is 0 Å². The van der Waals surface area contributed by atoms with Crippen LogP contribution in [0.3, 0.4) is 0 Å². The summed E-state index contributed by atoms with van der Waals surface area (Å²) in [5.74, 6) is 0.000770.